The third-order valence-corrected chi connectivity index (χ3v) is 1.52. The van der Waals surface area contributed by atoms with Crippen molar-refractivity contribution in [1.82, 2.24) is 0 Å². The van der Waals surface area contributed by atoms with Crippen LogP contribution in [0.2, 0.25) is 0 Å². The van der Waals surface area contributed by atoms with Crippen molar-refractivity contribution in [3.05, 3.63) is 0 Å². The van der Waals surface area contributed by atoms with E-state index >= 15 is 0 Å². The fourth-order valence-corrected chi connectivity index (χ4v) is 0.862. The average Bonchev–Trinajstić information content (AvgIpc) is 1.98. The van der Waals surface area contributed by atoms with E-state index in [0.29, 0.717) is 0 Å². The fraction of sp³-hybridized carbons (Fsp3) is 0.889. The van der Waals surface area contributed by atoms with Gasteiger partial charge in [-0.3, -0.25) is 4.79 Å². The summed E-state index contributed by atoms with van der Waals surface area (Å²) in [4.78, 5) is 11.1. The predicted molar refractivity (Wildman–Crippen MR) is 48.7 cm³/mol. The third kappa shape index (κ3) is 5.13. The lowest BCUT2D eigenvalue weighted by atomic mass is 10.1. The van der Waals surface area contributed by atoms with Gasteiger partial charge in [0.1, 0.15) is 6.04 Å². The van der Waals surface area contributed by atoms with Crippen LogP contribution in [-0.2, 0) is 9.53 Å². The number of unbranched alkanes of at least 4 members (excludes halogenated alkanes) is 1. The number of carbonyl (C=O) groups is 1. The van der Waals surface area contributed by atoms with E-state index in [4.69, 9.17) is 10.5 Å². The first kappa shape index (κ1) is 11.4. The molecule has 0 unspecified atom stereocenters. The van der Waals surface area contributed by atoms with E-state index in [1.165, 1.54) is 0 Å². The standard InChI is InChI=1S/C9H19NO2/c1-4-5-6-8(10)9(11)12-7(2)3/h7-8H,4-6,10H2,1-3H3/t8-/m0/s1. The Bertz CT molecular complexity index is 134. The summed E-state index contributed by atoms with van der Waals surface area (Å²) >= 11 is 0. The van der Waals surface area contributed by atoms with Crippen LogP contribution in [0.4, 0.5) is 0 Å². The highest BCUT2D eigenvalue weighted by Gasteiger charge is 2.14. The van der Waals surface area contributed by atoms with Crippen molar-refractivity contribution < 1.29 is 9.53 Å². The molecule has 0 aromatic rings. The monoisotopic (exact) mass is 173 g/mol. The van der Waals surface area contributed by atoms with E-state index in [1.54, 1.807) is 0 Å². The maximum absolute atomic E-state index is 11.1. The maximum Gasteiger partial charge on any atom is 0.323 e. The van der Waals surface area contributed by atoms with Crippen LogP contribution in [0.15, 0.2) is 0 Å². The molecule has 0 saturated heterocycles. The number of hydrogen-bond acceptors (Lipinski definition) is 3. The van der Waals surface area contributed by atoms with Crippen molar-refractivity contribution in [2.45, 2.75) is 52.2 Å². The summed E-state index contributed by atoms with van der Waals surface area (Å²) in [6.07, 6.45) is 2.70. The van der Waals surface area contributed by atoms with Gasteiger partial charge >= 0.3 is 5.97 Å². The van der Waals surface area contributed by atoms with Crippen LogP contribution in [0.5, 0.6) is 0 Å². The summed E-state index contributed by atoms with van der Waals surface area (Å²) in [7, 11) is 0. The van der Waals surface area contributed by atoms with E-state index in [-0.39, 0.29) is 12.1 Å². The van der Waals surface area contributed by atoms with Crippen molar-refractivity contribution in [3.63, 3.8) is 0 Å². The number of hydrogen-bond donors (Lipinski definition) is 1. The summed E-state index contributed by atoms with van der Waals surface area (Å²) in [6, 6.07) is -0.438. The molecule has 0 rings (SSSR count). The lowest BCUT2D eigenvalue weighted by Crippen LogP contribution is -2.33. The van der Waals surface area contributed by atoms with E-state index in [1.807, 2.05) is 13.8 Å². The topological polar surface area (TPSA) is 52.3 Å². The summed E-state index contributed by atoms with van der Waals surface area (Å²) in [5, 5.41) is 0. The molecule has 0 aliphatic rings. The molecular weight excluding hydrogens is 154 g/mol. The Morgan fingerprint density at radius 2 is 2.08 bits per heavy atom. The molecule has 0 aromatic heterocycles. The first-order valence-electron chi connectivity index (χ1n) is 4.54. The second-order valence-electron chi connectivity index (χ2n) is 3.23. The van der Waals surface area contributed by atoms with Crippen LogP contribution >= 0.6 is 0 Å². The van der Waals surface area contributed by atoms with E-state index in [9.17, 15) is 4.79 Å². The molecule has 3 nitrogen and oxygen atoms in total. The lowest BCUT2D eigenvalue weighted by molar-refractivity contribution is -0.149. The third-order valence-electron chi connectivity index (χ3n) is 1.52. The molecule has 0 spiro atoms. The van der Waals surface area contributed by atoms with Gasteiger partial charge in [0.25, 0.3) is 0 Å². The molecule has 0 bridgehead atoms. The molecule has 0 heterocycles. The molecule has 0 fully saturated rings. The zero-order valence-electron chi connectivity index (χ0n) is 8.17. The van der Waals surface area contributed by atoms with Crippen LogP contribution in [-0.4, -0.2) is 18.1 Å². The van der Waals surface area contributed by atoms with Gasteiger partial charge in [-0.2, -0.15) is 0 Å². The van der Waals surface area contributed by atoms with Crippen LogP contribution in [0, 0.1) is 0 Å². The van der Waals surface area contributed by atoms with Crippen molar-refractivity contribution in [1.29, 1.82) is 0 Å². The Kier molecular flexibility index (Phi) is 5.72. The van der Waals surface area contributed by atoms with Gasteiger partial charge in [-0.25, -0.2) is 0 Å². The second kappa shape index (κ2) is 6.00. The Balaban J connectivity index is 3.61. The SMILES string of the molecule is CCCC[C@H](N)C(=O)OC(C)C. The molecule has 0 saturated carbocycles. The van der Waals surface area contributed by atoms with Crippen molar-refractivity contribution >= 4 is 5.97 Å². The number of carbonyl (C=O) groups excluding carboxylic acids is 1. The highest BCUT2D eigenvalue weighted by molar-refractivity contribution is 5.75. The van der Waals surface area contributed by atoms with Gasteiger partial charge in [-0.05, 0) is 20.3 Å². The van der Waals surface area contributed by atoms with Crippen molar-refractivity contribution in [3.8, 4) is 0 Å². The first-order valence-corrected chi connectivity index (χ1v) is 4.54. The molecule has 0 aromatic carbocycles. The highest BCUT2D eigenvalue weighted by Crippen LogP contribution is 2.01. The Labute approximate surface area is 74.3 Å². The van der Waals surface area contributed by atoms with E-state index in [0.717, 1.165) is 19.3 Å². The Morgan fingerprint density at radius 3 is 2.50 bits per heavy atom. The van der Waals surface area contributed by atoms with Crippen LogP contribution in [0.3, 0.4) is 0 Å². The van der Waals surface area contributed by atoms with Gasteiger partial charge < -0.3 is 10.5 Å². The largest absolute Gasteiger partial charge is 0.462 e. The van der Waals surface area contributed by atoms with Gasteiger partial charge in [0.05, 0.1) is 6.10 Å². The summed E-state index contributed by atoms with van der Waals surface area (Å²) in [5.41, 5.74) is 5.58. The molecule has 12 heavy (non-hydrogen) atoms. The quantitative estimate of drug-likeness (QED) is 0.640. The smallest absolute Gasteiger partial charge is 0.323 e. The van der Waals surface area contributed by atoms with E-state index in [2.05, 4.69) is 6.92 Å². The van der Waals surface area contributed by atoms with Crippen LogP contribution in [0.25, 0.3) is 0 Å². The minimum Gasteiger partial charge on any atom is -0.462 e. The van der Waals surface area contributed by atoms with Gasteiger partial charge in [0.15, 0.2) is 0 Å². The first-order chi connectivity index (χ1) is 5.57. The van der Waals surface area contributed by atoms with Crippen LogP contribution in [0.1, 0.15) is 40.0 Å². The van der Waals surface area contributed by atoms with Gasteiger partial charge in [-0.15, -0.1) is 0 Å². The van der Waals surface area contributed by atoms with Gasteiger partial charge in [0, 0.05) is 0 Å². The predicted octanol–water partition coefficient (Wildman–Crippen LogP) is 1.46. The van der Waals surface area contributed by atoms with Crippen LogP contribution < -0.4 is 5.73 Å². The minimum atomic E-state index is -0.438. The summed E-state index contributed by atoms with van der Waals surface area (Å²) < 4.78 is 4.95. The zero-order chi connectivity index (χ0) is 9.56. The summed E-state index contributed by atoms with van der Waals surface area (Å²) in [5.74, 6) is -0.279. The van der Waals surface area contributed by atoms with Gasteiger partial charge in [0.2, 0.25) is 0 Å². The molecule has 72 valence electrons. The molecule has 0 aliphatic heterocycles. The minimum absolute atomic E-state index is 0.0647. The molecule has 1 atom stereocenters. The highest BCUT2D eigenvalue weighted by atomic mass is 16.5. The van der Waals surface area contributed by atoms with E-state index < -0.39 is 6.04 Å². The molecule has 3 heteroatoms. The molecule has 0 radical (unpaired) electrons. The average molecular weight is 173 g/mol. The van der Waals surface area contributed by atoms with Gasteiger partial charge in [-0.1, -0.05) is 19.8 Å². The van der Waals surface area contributed by atoms with Crippen molar-refractivity contribution in [2.24, 2.45) is 5.73 Å². The Hall–Kier alpha value is -0.570. The van der Waals surface area contributed by atoms with Crippen molar-refractivity contribution in [2.75, 3.05) is 0 Å². The number of esters is 1. The molecule has 0 amide bonds. The Morgan fingerprint density at radius 1 is 1.50 bits per heavy atom. The number of ether oxygens (including phenoxy) is 1. The fourth-order valence-electron chi connectivity index (χ4n) is 0.862. The zero-order valence-corrected chi connectivity index (χ0v) is 8.17. The molecule has 2 N–H and O–H groups in total. The normalized spacial score (nSPS) is 13.1. The molecular formula is C9H19NO2. The lowest BCUT2D eigenvalue weighted by Gasteiger charge is -2.12. The second-order valence-corrected chi connectivity index (χ2v) is 3.23. The number of rotatable bonds is 5. The number of nitrogens with two attached hydrogens (primary N) is 1. The maximum atomic E-state index is 11.1. The summed E-state index contributed by atoms with van der Waals surface area (Å²) in [6.45, 7) is 5.72. The molecule has 0 aliphatic carbocycles.